The summed E-state index contributed by atoms with van der Waals surface area (Å²) in [6.45, 7) is 0.410. The van der Waals surface area contributed by atoms with Gasteiger partial charge in [-0.1, -0.05) is 11.6 Å². The van der Waals surface area contributed by atoms with E-state index < -0.39 is 0 Å². The molecule has 1 aliphatic rings. The molecule has 0 bridgehead atoms. The third-order valence-electron chi connectivity index (χ3n) is 2.84. The molecule has 1 saturated carbocycles. The summed E-state index contributed by atoms with van der Waals surface area (Å²) in [4.78, 5) is 13.8. The van der Waals surface area contributed by atoms with Crippen LogP contribution in [0.25, 0.3) is 0 Å². The zero-order valence-corrected chi connectivity index (χ0v) is 10.5. The van der Waals surface area contributed by atoms with Crippen molar-refractivity contribution in [2.24, 2.45) is 0 Å². The predicted octanol–water partition coefficient (Wildman–Crippen LogP) is 1.95. The van der Waals surface area contributed by atoms with Crippen molar-refractivity contribution >= 4 is 28.9 Å². The fourth-order valence-corrected chi connectivity index (χ4v) is 1.81. The van der Waals surface area contributed by atoms with Crippen molar-refractivity contribution in [2.45, 2.75) is 18.9 Å². The minimum absolute atomic E-state index is 0.0267. The lowest BCUT2D eigenvalue weighted by molar-refractivity contribution is -0.117. The van der Waals surface area contributed by atoms with Crippen molar-refractivity contribution in [3.63, 3.8) is 0 Å². The van der Waals surface area contributed by atoms with Crippen LogP contribution >= 0.6 is 11.6 Å². The van der Waals surface area contributed by atoms with Crippen LogP contribution in [0.15, 0.2) is 18.2 Å². The zero-order chi connectivity index (χ0) is 12.4. The molecular weight excluding hydrogens is 238 g/mol. The van der Waals surface area contributed by atoms with Crippen LogP contribution in [-0.4, -0.2) is 30.4 Å². The zero-order valence-electron chi connectivity index (χ0n) is 9.74. The fourth-order valence-electron chi connectivity index (χ4n) is 1.69. The molecule has 1 fully saturated rings. The van der Waals surface area contributed by atoms with E-state index in [2.05, 4.69) is 10.2 Å². The number of nitrogens with two attached hydrogens (primary N) is 1. The molecule has 3 N–H and O–H groups in total. The topological polar surface area (TPSA) is 58.4 Å². The average Bonchev–Trinajstić information content (AvgIpc) is 3.06. The molecule has 0 radical (unpaired) electrons. The molecule has 2 rings (SSSR count). The van der Waals surface area contributed by atoms with Gasteiger partial charge in [-0.05, 0) is 38.1 Å². The van der Waals surface area contributed by atoms with E-state index in [1.807, 2.05) is 7.05 Å². The molecule has 1 aliphatic carbocycles. The second kappa shape index (κ2) is 4.94. The van der Waals surface area contributed by atoms with E-state index in [-0.39, 0.29) is 5.91 Å². The van der Waals surface area contributed by atoms with Gasteiger partial charge < -0.3 is 11.1 Å². The van der Waals surface area contributed by atoms with Gasteiger partial charge in [0.05, 0.1) is 17.3 Å². The summed E-state index contributed by atoms with van der Waals surface area (Å²) < 4.78 is 0. The molecule has 5 heteroatoms. The number of hydrogen-bond acceptors (Lipinski definition) is 3. The Morgan fingerprint density at radius 1 is 1.59 bits per heavy atom. The first-order valence-corrected chi connectivity index (χ1v) is 5.99. The molecule has 1 aromatic rings. The highest BCUT2D eigenvalue weighted by molar-refractivity contribution is 6.33. The predicted molar refractivity (Wildman–Crippen MR) is 70.1 cm³/mol. The Balaban J connectivity index is 1.90. The van der Waals surface area contributed by atoms with E-state index in [0.29, 0.717) is 29.0 Å². The maximum absolute atomic E-state index is 11.7. The lowest BCUT2D eigenvalue weighted by Gasteiger charge is -2.15. The number of nitrogens with zero attached hydrogens (tertiary/aromatic N) is 1. The van der Waals surface area contributed by atoms with Crippen LogP contribution in [0.5, 0.6) is 0 Å². The van der Waals surface area contributed by atoms with Crippen LogP contribution < -0.4 is 11.1 Å². The van der Waals surface area contributed by atoms with Gasteiger partial charge in [0, 0.05) is 11.7 Å². The molecule has 0 atom stereocenters. The number of halogens is 1. The summed E-state index contributed by atoms with van der Waals surface area (Å²) in [6, 6.07) is 5.67. The van der Waals surface area contributed by atoms with Crippen molar-refractivity contribution in [3.05, 3.63) is 23.2 Å². The van der Waals surface area contributed by atoms with E-state index in [1.54, 1.807) is 18.2 Å². The number of nitrogen functional groups attached to an aromatic ring is 1. The molecule has 0 aliphatic heterocycles. The summed E-state index contributed by atoms with van der Waals surface area (Å²) in [7, 11) is 1.97. The van der Waals surface area contributed by atoms with Crippen molar-refractivity contribution in [1.82, 2.24) is 4.90 Å². The Hall–Kier alpha value is -1.26. The van der Waals surface area contributed by atoms with Gasteiger partial charge in [0.1, 0.15) is 0 Å². The summed E-state index contributed by atoms with van der Waals surface area (Å²) in [5, 5.41) is 3.30. The van der Waals surface area contributed by atoms with Gasteiger partial charge in [-0.2, -0.15) is 0 Å². The number of likely N-dealkylation sites (N-methyl/N-ethyl adjacent to an activating group) is 1. The van der Waals surface area contributed by atoms with E-state index in [9.17, 15) is 4.79 Å². The number of nitrogens with one attached hydrogen (secondary N) is 1. The first kappa shape index (κ1) is 12.2. The Kier molecular flexibility index (Phi) is 3.54. The maximum Gasteiger partial charge on any atom is 0.238 e. The van der Waals surface area contributed by atoms with E-state index >= 15 is 0 Å². The van der Waals surface area contributed by atoms with Crippen LogP contribution in [0.1, 0.15) is 12.8 Å². The van der Waals surface area contributed by atoms with Crippen molar-refractivity contribution in [1.29, 1.82) is 0 Å². The number of hydrogen-bond donors (Lipinski definition) is 2. The third-order valence-corrected chi connectivity index (χ3v) is 3.19. The average molecular weight is 254 g/mol. The number of rotatable bonds is 4. The molecular formula is C12H16ClN3O. The lowest BCUT2D eigenvalue weighted by Crippen LogP contribution is -2.31. The first-order valence-electron chi connectivity index (χ1n) is 5.61. The van der Waals surface area contributed by atoms with Gasteiger partial charge >= 0.3 is 0 Å². The van der Waals surface area contributed by atoms with Crippen LogP contribution in [-0.2, 0) is 4.79 Å². The SMILES string of the molecule is CN(CC(=O)Nc1ccc(Cl)c(N)c1)C1CC1. The summed E-state index contributed by atoms with van der Waals surface area (Å²) in [5.74, 6) is -0.0267. The molecule has 0 heterocycles. The summed E-state index contributed by atoms with van der Waals surface area (Å²) in [5.41, 5.74) is 6.82. The molecule has 1 amide bonds. The van der Waals surface area contributed by atoms with Gasteiger partial charge in [-0.25, -0.2) is 0 Å². The quantitative estimate of drug-likeness (QED) is 0.807. The fraction of sp³-hybridized carbons (Fsp3) is 0.417. The first-order chi connectivity index (χ1) is 8.06. The summed E-state index contributed by atoms with van der Waals surface area (Å²) >= 11 is 5.81. The highest BCUT2D eigenvalue weighted by Gasteiger charge is 2.27. The standard InChI is InChI=1S/C12H16ClN3O/c1-16(9-3-4-9)7-12(17)15-8-2-5-10(13)11(14)6-8/h2,5-6,9H,3-4,7,14H2,1H3,(H,15,17). The van der Waals surface area contributed by atoms with E-state index in [1.165, 1.54) is 12.8 Å². The number of anilines is 2. The van der Waals surface area contributed by atoms with Gasteiger partial charge in [-0.15, -0.1) is 0 Å². The van der Waals surface area contributed by atoms with Gasteiger partial charge in [0.25, 0.3) is 0 Å². The smallest absolute Gasteiger partial charge is 0.238 e. The number of carbonyl (C=O) groups excluding carboxylic acids is 1. The number of benzene rings is 1. The molecule has 1 aromatic carbocycles. The van der Waals surface area contributed by atoms with Gasteiger partial charge in [0.2, 0.25) is 5.91 Å². The Morgan fingerprint density at radius 2 is 2.29 bits per heavy atom. The Bertz CT molecular complexity index is 432. The van der Waals surface area contributed by atoms with E-state index in [0.717, 1.165) is 0 Å². The van der Waals surface area contributed by atoms with Crippen LogP contribution in [0.4, 0.5) is 11.4 Å². The minimum Gasteiger partial charge on any atom is -0.397 e. The third kappa shape index (κ3) is 3.35. The van der Waals surface area contributed by atoms with Crippen LogP contribution in [0.2, 0.25) is 5.02 Å². The van der Waals surface area contributed by atoms with Gasteiger partial charge in [-0.3, -0.25) is 9.69 Å². The van der Waals surface area contributed by atoms with E-state index in [4.69, 9.17) is 17.3 Å². The van der Waals surface area contributed by atoms with Crippen molar-refractivity contribution < 1.29 is 4.79 Å². The highest BCUT2D eigenvalue weighted by atomic mass is 35.5. The number of carbonyl (C=O) groups is 1. The second-order valence-corrected chi connectivity index (χ2v) is 4.84. The normalized spacial score (nSPS) is 15.0. The molecule has 0 spiro atoms. The molecule has 17 heavy (non-hydrogen) atoms. The minimum atomic E-state index is -0.0267. The highest BCUT2D eigenvalue weighted by Crippen LogP contribution is 2.25. The molecule has 0 aromatic heterocycles. The van der Waals surface area contributed by atoms with Crippen LogP contribution in [0.3, 0.4) is 0 Å². The summed E-state index contributed by atoms with van der Waals surface area (Å²) in [6.07, 6.45) is 2.38. The molecule has 0 unspecified atom stereocenters. The molecule has 92 valence electrons. The monoisotopic (exact) mass is 253 g/mol. The van der Waals surface area contributed by atoms with Gasteiger partial charge in [0.15, 0.2) is 0 Å². The molecule has 4 nitrogen and oxygen atoms in total. The van der Waals surface area contributed by atoms with Crippen LogP contribution in [0, 0.1) is 0 Å². The van der Waals surface area contributed by atoms with Crippen molar-refractivity contribution in [2.75, 3.05) is 24.6 Å². The van der Waals surface area contributed by atoms with Crippen molar-refractivity contribution in [3.8, 4) is 0 Å². The Morgan fingerprint density at radius 3 is 2.88 bits per heavy atom. The molecule has 0 saturated heterocycles. The number of amides is 1. The maximum atomic E-state index is 11.7. The largest absolute Gasteiger partial charge is 0.397 e. The lowest BCUT2D eigenvalue weighted by atomic mass is 10.3. The Labute approximate surface area is 106 Å². The second-order valence-electron chi connectivity index (χ2n) is 4.43.